The highest BCUT2D eigenvalue weighted by molar-refractivity contribution is 5.90. The molecule has 150 valence electrons. The van der Waals surface area contributed by atoms with E-state index in [9.17, 15) is 35.5 Å². The molecule has 0 heterocycles. The first-order chi connectivity index (χ1) is 12.8. The largest absolute Gasteiger partial charge is 0.478 e. The summed E-state index contributed by atoms with van der Waals surface area (Å²) in [6.07, 6.45) is -8.30. The maximum absolute atomic E-state index is 13.4. The van der Waals surface area contributed by atoms with Crippen molar-refractivity contribution in [2.75, 3.05) is 0 Å². The van der Waals surface area contributed by atoms with Gasteiger partial charge in [-0.05, 0) is 41.8 Å². The lowest BCUT2D eigenvalue weighted by Crippen LogP contribution is -2.19. The molecule has 0 saturated carbocycles. The third-order valence-corrected chi connectivity index (χ3v) is 3.95. The zero-order valence-electron chi connectivity index (χ0n) is 14.2. The van der Waals surface area contributed by atoms with Gasteiger partial charge in [0.15, 0.2) is 0 Å². The molecule has 1 N–H and O–H groups in total. The zero-order chi connectivity index (χ0) is 21.3. The summed E-state index contributed by atoms with van der Waals surface area (Å²) in [5.41, 5.74) is -3.02. The van der Waals surface area contributed by atoms with Gasteiger partial charge in [-0.1, -0.05) is 30.4 Å². The minimum atomic E-state index is -4.99. The van der Waals surface area contributed by atoms with Crippen LogP contribution >= 0.6 is 0 Å². The van der Waals surface area contributed by atoms with Gasteiger partial charge in [-0.3, -0.25) is 0 Å². The van der Waals surface area contributed by atoms with E-state index in [2.05, 4.69) is 0 Å². The van der Waals surface area contributed by atoms with Gasteiger partial charge in [-0.15, -0.1) is 0 Å². The summed E-state index contributed by atoms with van der Waals surface area (Å²) in [5, 5.41) is 8.84. The van der Waals surface area contributed by atoms with Gasteiger partial charge in [-0.2, -0.15) is 26.3 Å². The zero-order valence-corrected chi connectivity index (χ0v) is 14.2. The van der Waals surface area contributed by atoms with E-state index in [0.29, 0.717) is 18.2 Å². The SMILES string of the molecule is Cc1cc(C(C=Cc2ccc(C(=O)O)c(C(F)(F)F)c2)C(F)(F)F)ccc1F. The van der Waals surface area contributed by atoms with Gasteiger partial charge < -0.3 is 5.11 Å². The molecule has 28 heavy (non-hydrogen) atoms. The normalized spacial score (nSPS) is 13.7. The molecule has 0 aliphatic carbocycles. The summed E-state index contributed by atoms with van der Waals surface area (Å²) in [6, 6.07) is 4.93. The monoisotopic (exact) mass is 406 g/mol. The first-order valence-electron chi connectivity index (χ1n) is 7.76. The number of carboxylic acids is 1. The Bertz CT molecular complexity index is 911. The molecular formula is C19H13F7O2. The Morgan fingerprint density at radius 1 is 1.04 bits per heavy atom. The van der Waals surface area contributed by atoms with Crippen LogP contribution in [-0.2, 0) is 6.18 Å². The second-order valence-electron chi connectivity index (χ2n) is 5.99. The van der Waals surface area contributed by atoms with E-state index < -0.39 is 41.2 Å². The van der Waals surface area contributed by atoms with Gasteiger partial charge in [0.05, 0.1) is 17.0 Å². The van der Waals surface area contributed by atoms with Gasteiger partial charge in [0.2, 0.25) is 0 Å². The maximum atomic E-state index is 13.4. The average molecular weight is 406 g/mol. The van der Waals surface area contributed by atoms with Crippen LogP contribution in [0.3, 0.4) is 0 Å². The van der Waals surface area contributed by atoms with Crippen LogP contribution in [0, 0.1) is 12.7 Å². The van der Waals surface area contributed by atoms with E-state index in [0.717, 1.165) is 30.3 Å². The highest BCUT2D eigenvalue weighted by Gasteiger charge is 2.39. The van der Waals surface area contributed by atoms with Crippen molar-refractivity contribution in [1.82, 2.24) is 0 Å². The van der Waals surface area contributed by atoms with Crippen molar-refractivity contribution < 1.29 is 40.6 Å². The molecule has 2 nitrogen and oxygen atoms in total. The highest BCUT2D eigenvalue weighted by Crippen LogP contribution is 2.38. The van der Waals surface area contributed by atoms with Crippen LogP contribution < -0.4 is 0 Å². The second-order valence-corrected chi connectivity index (χ2v) is 5.99. The Hall–Kier alpha value is -2.84. The number of rotatable bonds is 4. The summed E-state index contributed by atoms with van der Waals surface area (Å²) in [7, 11) is 0. The number of benzene rings is 2. The number of carbonyl (C=O) groups is 1. The fourth-order valence-corrected chi connectivity index (χ4v) is 2.56. The van der Waals surface area contributed by atoms with Crippen LogP contribution in [0.4, 0.5) is 30.7 Å². The van der Waals surface area contributed by atoms with Crippen molar-refractivity contribution in [2.45, 2.75) is 25.2 Å². The van der Waals surface area contributed by atoms with Crippen molar-refractivity contribution in [3.05, 3.63) is 76.1 Å². The molecule has 0 aromatic heterocycles. The number of hydrogen-bond donors (Lipinski definition) is 1. The van der Waals surface area contributed by atoms with Gasteiger partial charge >= 0.3 is 18.3 Å². The number of halogens is 7. The molecule has 2 aromatic carbocycles. The van der Waals surface area contributed by atoms with Crippen molar-refractivity contribution in [3.63, 3.8) is 0 Å². The molecule has 1 atom stereocenters. The lowest BCUT2D eigenvalue weighted by atomic mass is 9.95. The first kappa shape index (κ1) is 21.5. The van der Waals surface area contributed by atoms with Crippen molar-refractivity contribution in [3.8, 4) is 0 Å². The number of allylic oxidation sites excluding steroid dienone is 1. The minimum Gasteiger partial charge on any atom is -0.478 e. The molecule has 2 rings (SSSR count). The molecule has 0 amide bonds. The van der Waals surface area contributed by atoms with E-state index in [4.69, 9.17) is 5.11 Å². The molecule has 0 fully saturated rings. The molecule has 9 heteroatoms. The lowest BCUT2D eigenvalue weighted by molar-refractivity contribution is -0.139. The lowest BCUT2D eigenvalue weighted by Gasteiger charge is -2.18. The Kier molecular flexibility index (Phi) is 5.86. The Labute approximate surface area is 154 Å². The maximum Gasteiger partial charge on any atom is 0.417 e. The number of carboxylic acid groups (broad SMARTS) is 1. The first-order valence-corrected chi connectivity index (χ1v) is 7.76. The third kappa shape index (κ3) is 4.90. The highest BCUT2D eigenvalue weighted by atomic mass is 19.4. The smallest absolute Gasteiger partial charge is 0.417 e. The molecule has 0 spiro atoms. The Balaban J connectivity index is 2.48. The quantitative estimate of drug-likeness (QED) is 0.613. The molecule has 1 unspecified atom stereocenters. The van der Waals surface area contributed by atoms with Crippen LogP contribution in [-0.4, -0.2) is 17.3 Å². The Morgan fingerprint density at radius 3 is 2.18 bits per heavy atom. The predicted molar refractivity (Wildman–Crippen MR) is 87.4 cm³/mol. The fraction of sp³-hybridized carbons (Fsp3) is 0.211. The third-order valence-electron chi connectivity index (χ3n) is 3.95. The summed E-state index contributed by atoms with van der Waals surface area (Å²) < 4.78 is 92.5. The minimum absolute atomic E-state index is 0.00896. The van der Waals surface area contributed by atoms with Gasteiger partial charge in [0.1, 0.15) is 5.82 Å². The van der Waals surface area contributed by atoms with E-state index in [1.807, 2.05) is 0 Å². The predicted octanol–water partition coefficient (Wildman–Crippen LogP) is 6.21. The summed E-state index contributed by atoms with van der Waals surface area (Å²) >= 11 is 0. The van der Waals surface area contributed by atoms with Gasteiger partial charge in [-0.25, -0.2) is 9.18 Å². The summed E-state index contributed by atoms with van der Waals surface area (Å²) in [5.74, 6) is -4.68. The van der Waals surface area contributed by atoms with E-state index >= 15 is 0 Å². The summed E-state index contributed by atoms with van der Waals surface area (Å²) in [6.45, 7) is 1.29. The van der Waals surface area contributed by atoms with Crippen LogP contribution in [0.1, 0.15) is 38.5 Å². The number of aromatic carboxylic acids is 1. The number of hydrogen-bond acceptors (Lipinski definition) is 1. The molecule has 2 aromatic rings. The van der Waals surface area contributed by atoms with Gasteiger partial charge in [0.25, 0.3) is 0 Å². The standard InChI is InChI=1S/C19H13F7O2/c1-10-8-12(4-7-16(10)20)14(18(21,22)23)6-3-11-2-5-13(17(27)28)15(9-11)19(24,25)26/h2-9,14H,1H3,(H,27,28). The topological polar surface area (TPSA) is 37.3 Å². The van der Waals surface area contributed by atoms with Crippen LogP contribution in [0.25, 0.3) is 6.08 Å². The number of aryl methyl sites for hydroxylation is 1. The van der Waals surface area contributed by atoms with Crippen molar-refractivity contribution in [2.24, 2.45) is 0 Å². The fourth-order valence-electron chi connectivity index (χ4n) is 2.56. The van der Waals surface area contributed by atoms with E-state index in [1.165, 1.54) is 6.92 Å². The average Bonchev–Trinajstić information content (AvgIpc) is 2.56. The van der Waals surface area contributed by atoms with Crippen LogP contribution in [0.2, 0.25) is 0 Å². The molecule has 0 aliphatic rings. The number of alkyl halides is 6. The second kappa shape index (κ2) is 7.65. The summed E-state index contributed by atoms with van der Waals surface area (Å²) in [4.78, 5) is 10.9. The molecular weight excluding hydrogens is 393 g/mol. The molecule has 0 bridgehead atoms. The van der Waals surface area contributed by atoms with Crippen molar-refractivity contribution >= 4 is 12.0 Å². The molecule has 0 aliphatic heterocycles. The molecule has 0 radical (unpaired) electrons. The van der Waals surface area contributed by atoms with Gasteiger partial charge in [0, 0.05) is 0 Å². The van der Waals surface area contributed by atoms with Crippen LogP contribution in [0.15, 0.2) is 42.5 Å². The molecule has 0 saturated heterocycles. The van der Waals surface area contributed by atoms with Crippen molar-refractivity contribution in [1.29, 1.82) is 0 Å². The van der Waals surface area contributed by atoms with E-state index in [-0.39, 0.29) is 16.7 Å². The van der Waals surface area contributed by atoms with E-state index in [1.54, 1.807) is 0 Å². The Morgan fingerprint density at radius 2 is 1.68 bits per heavy atom. The van der Waals surface area contributed by atoms with Crippen LogP contribution in [0.5, 0.6) is 0 Å².